The molecule has 0 atom stereocenters. The number of aryl methyl sites for hydroxylation is 1. The summed E-state index contributed by atoms with van der Waals surface area (Å²) in [7, 11) is 1.53. The Hall–Kier alpha value is -2.30. The van der Waals surface area contributed by atoms with Gasteiger partial charge in [-0.25, -0.2) is 0 Å². The molecule has 0 saturated heterocycles. The molecule has 0 radical (unpaired) electrons. The van der Waals surface area contributed by atoms with Gasteiger partial charge in [-0.3, -0.25) is 9.59 Å². The lowest BCUT2D eigenvalue weighted by atomic mass is 10.1. The number of aromatic nitrogens is 1. The smallest absolute Gasteiger partial charge is 0.237 e. The average molecular weight is 246 g/mol. The Kier molecular flexibility index (Phi) is 3.06. The highest BCUT2D eigenvalue weighted by Gasteiger charge is 2.10. The van der Waals surface area contributed by atoms with Crippen LogP contribution < -0.4 is 15.9 Å². The standard InChI is InChI=1S/C13H14N2O3/c1-8-5-9-10(16)3-4-15(7-12(14)17)13(9)11(6-8)18-2/h3-6H,7H2,1-2H3,(H2,14,17). The van der Waals surface area contributed by atoms with Gasteiger partial charge in [-0.15, -0.1) is 0 Å². The number of carbonyl (C=O) groups is 1. The summed E-state index contributed by atoms with van der Waals surface area (Å²) in [5.74, 6) is 0.0894. The molecular formula is C13H14N2O3. The van der Waals surface area contributed by atoms with E-state index in [-0.39, 0.29) is 12.0 Å². The van der Waals surface area contributed by atoms with Gasteiger partial charge in [-0.2, -0.15) is 0 Å². The highest BCUT2D eigenvalue weighted by atomic mass is 16.5. The maximum absolute atomic E-state index is 11.9. The molecule has 1 aromatic heterocycles. The van der Waals surface area contributed by atoms with E-state index in [1.165, 1.54) is 13.2 Å². The maximum atomic E-state index is 11.9. The van der Waals surface area contributed by atoms with Gasteiger partial charge in [0.15, 0.2) is 5.43 Å². The molecule has 1 heterocycles. The molecule has 2 rings (SSSR count). The van der Waals surface area contributed by atoms with Crippen molar-refractivity contribution in [3.63, 3.8) is 0 Å². The molecule has 0 bridgehead atoms. The predicted molar refractivity (Wildman–Crippen MR) is 68.7 cm³/mol. The lowest BCUT2D eigenvalue weighted by Gasteiger charge is -2.13. The number of fused-ring (bicyclic) bond motifs is 1. The van der Waals surface area contributed by atoms with Crippen LogP contribution in [0.25, 0.3) is 10.9 Å². The van der Waals surface area contributed by atoms with E-state index in [0.717, 1.165) is 5.56 Å². The minimum atomic E-state index is -0.470. The van der Waals surface area contributed by atoms with Crippen molar-refractivity contribution in [3.05, 3.63) is 40.2 Å². The van der Waals surface area contributed by atoms with Crippen molar-refractivity contribution in [2.45, 2.75) is 13.5 Å². The number of carbonyl (C=O) groups excluding carboxylic acids is 1. The zero-order chi connectivity index (χ0) is 13.3. The summed E-state index contributed by atoms with van der Waals surface area (Å²) in [6, 6.07) is 5.01. The summed E-state index contributed by atoms with van der Waals surface area (Å²) in [6.07, 6.45) is 1.55. The summed E-state index contributed by atoms with van der Waals surface area (Å²) in [5.41, 5.74) is 6.61. The molecule has 0 aliphatic carbocycles. The second-order valence-corrected chi connectivity index (χ2v) is 4.14. The average Bonchev–Trinajstić information content (AvgIpc) is 2.31. The summed E-state index contributed by atoms with van der Waals surface area (Å²) in [4.78, 5) is 22.9. The van der Waals surface area contributed by atoms with Crippen LogP contribution in [0.2, 0.25) is 0 Å². The number of benzene rings is 1. The second-order valence-electron chi connectivity index (χ2n) is 4.14. The van der Waals surface area contributed by atoms with Gasteiger partial charge < -0.3 is 15.0 Å². The topological polar surface area (TPSA) is 74.3 Å². The molecule has 5 nitrogen and oxygen atoms in total. The van der Waals surface area contributed by atoms with E-state index >= 15 is 0 Å². The molecule has 0 unspecified atom stereocenters. The first-order chi connectivity index (χ1) is 8.52. The fourth-order valence-corrected chi connectivity index (χ4v) is 2.01. The molecule has 94 valence electrons. The van der Waals surface area contributed by atoms with E-state index in [1.54, 1.807) is 16.8 Å². The fraction of sp³-hybridized carbons (Fsp3) is 0.231. The van der Waals surface area contributed by atoms with Gasteiger partial charge in [0.1, 0.15) is 12.3 Å². The van der Waals surface area contributed by atoms with Crippen molar-refractivity contribution in [2.75, 3.05) is 7.11 Å². The van der Waals surface area contributed by atoms with Crippen LogP contribution in [0.3, 0.4) is 0 Å². The van der Waals surface area contributed by atoms with Gasteiger partial charge in [0.05, 0.1) is 12.6 Å². The van der Waals surface area contributed by atoms with E-state index < -0.39 is 5.91 Å². The molecule has 18 heavy (non-hydrogen) atoms. The van der Waals surface area contributed by atoms with Crippen LogP contribution in [0.5, 0.6) is 5.75 Å². The fourth-order valence-electron chi connectivity index (χ4n) is 2.01. The molecule has 1 amide bonds. The normalized spacial score (nSPS) is 10.6. The molecule has 0 aliphatic heterocycles. The number of ether oxygens (including phenoxy) is 1. The highest BCUT2D eigenvalue weighted by molar-refractivity contribution is 5.87. The van der Waals surface area contributed by atoms with Crippen molar-refractivity contribution >= 4 is 16.8 Å². The van der Waals surface area contributed by atoms with Crippen molar-refractivity contribution in [1.82, 2.24) is 4.57 Å². The van der Waals surface area contributed by atoms with Gasteiger partial charge in [0, 0.05) is 17.6 Å². The third kappa shape index (κ3) is 2.07. The van der Waals surface area contributed by atoms with Gasteiger partial charge in [-0.05, 0) is 24.6 Å². The monoisotopic (exact) mass is 246 g/mol. The number of amides is 1. The Morgan fingerprint density at radius 2 is 2.17 bits per heavy atom. The molecule has 0 aliphatic rings. The van der Waals surface area contributed by atoms with Crippen LogP contribution in [0.1, 0.15) is 5.56 Å². The van der Waals surface area contributed by atoms with Crippen molar-refractivity contribution in [1.29, 1.82) is 0 Å². The Morgan fingerprint density at radius 1 is 1.44 bits per heavy atom. The second kappa shape index (κ2) is 4.52. The lowest BCUT2D eigenvalue weighted by molar-refractivity contribution is -0.118. The zero-order valence-electron chi connectivity index (χ0n) is 10.3. The number of hydrogen-bond acceptors (Lipinski definition) is 3. The largest absolute Gasteiger partial charge is 0.495 e. The van der Waals surface area contributed by atoms with E-state index in [2.05, 4.69) is 0 Å². The molecule has 5 heteroatoms. The number of methoxy groups -OCH3 is 1. The van der Waals surface area contributed by atoms with Crippen LogP contribution in [-0.4, -0.2) is 17.6 Å². The summed E-state index contributed by atoms with van der Waals surface area (Å²) >= 11 is 0. The van der Waals surface area contributed by atoms with Crippen LogP contribution in [0.4, 0.5) is 0 Å². The molecule has 0 spiro atoms. The molecular weight excluding hydrogens is 232 g/mol. The van der Waals surface area contributed by atoms with Crippen LogP contribution in [0.15, 0.2) is 29.2 Å². The minimum absolute atomic E-state index is 0.0101. The highest BCUT2D eigenvalue weighted by Crippen LogP contribution is 2.25. The van der Waals surface area contributed by atoms with Crippen LogP contribution in [0, 0.1) is 6.92 Å². The number of pyridine rings is 1. The van der Waals surface area contributed by atoms with Crippen molar-refractivity contribution in [3.8, 4) is 5.75 Å². The van der Waals surface area contributed by atoms with Crippen LogP contribution in [-0.2, 0) is 11.3 Å². The molecule has 1 aromatic carbocycles. The van der Waals surface area contributed by atoms with E-state index in [1.807, 2.05) is 13.0 Å². The number of nitrogens with two attached hydrogens (primary N) is 1. The lowest BCUT2D eigenvalue weighted by Crippen LogP contribution is -2.20. The predicted octanol–water partition coefficient (Wildman–Crippen LogP) is 0.804. The van der Waals surface area contributed by atoms with Gasteiger partial charge in [0.2, 0.25) is 5.91 Å². The summed E-state index contributed by atoms with van der Waals surface area (Å²) in [6.45, 7) is 1.89. The first-order valence-electron chi connectivity index (χ1n) is 5.49. The van der Waals surface area contributed by atoms with Gasteiger partial charge in [-0.1, -0.05) is 0 Å². The Balaban J connectivity index is 2.85. The first-order valence-corrected chi connectivity index (χ1v) is 5.49. The van der Waals surface area contributed by atoms with Crippen LogP contribution >= 0.6 is 0 Å². The van der Waals surface area contributed by atoms with Gasteiger partial charge >= 0.3 is 0 Å². The van der Waals surface area contributed by atoms with Crippen molar-refractivity contribution in [2.24, 2.45) is 5.73 Å². The quantitative estimate of drug-likeness (QED) is 0.870. The summed E-state index contributed by atoms with van der Waals surface area (Å²) in [5, 5.41) is 0.524. The van der Waals surface area contributed by atoms with Gasteiger partial charge in [0.25, 0.3) is 0 Å². The van der Waals surface area contributed by atoms with E-state index in [4.69, 9.17) is 10.5 Å². The number of hydrogen-bond donors (Lipinski definition) is 1. The molecule has 2 N–H and O–H groups in total. The molecule has 0 saturated carbocycles. The minimum Gasteiger partial charge on any atom is -0.495 e. The van der Waals surface area contributed by atoms with E-state index in [9.17, 15) is 9.59 Å². The number of nitrogens with zero attached hydrogens (tertiary/aromatic N) is 1. The SMILES string of the molecule is COc1cc(C)cc2c(=O)ccn(CC(N)=O)c12. The summed E-state index contributed by atoms with van der Waals surface area (Å²) < 4.78 is 6.90. The Labute approximate surface area is 104 Å². The third-order valence-electron chi connectivity index (χ3n) is 2.72. The number of primary amides is 1. The van der Waals surface area contributed by atoms with Crippen molar-refractivity contribution < 1.29 is 9.53 Å². The Morgan fingerprint density at radius 3 is 2.78 bits per heavy atom. The zero-order valence-corrected chi connectivity index (χ0v) is 10.3. The third-order valence-corrected chi connectivity index (χ3v) is 2.72. The maximum Gasteiger partial charge on any atom is 0.237 e. The number of rotatable bonds is 3. The van der Waals surface area contributed by atoms with E-state index in [0.29, 0.717) is 16.7 Å². The molecule has 2 aromatic rings. The first kappa shape index (κ1) is 12.2. The Bertz CT molecular complexity index is 674. The molecule has 0 fully saturated rings.